The molecule has 2 heterocycles. The zero-order valence-electron chi connectivity index (χ0n) is 12.1. The van der Waals surface area contributed by atoms with E-state index >= 15 is 0 Å². The van der Waals surface area contributed by atoms with Gasteiger partial charge in [0.05, 0.1) is 17.4 Å². The Labute approximate surface area is 126 Å². The Hall–Kier alpha value is -2.21. The third-order valence-corrected chi connectivity index (χ3v) is 3.95. The maximum Gasteiger partial charge on any atom is 0.257 e. The predicted octanol–water partition coefficient (Wildman–Crippen LogP) is 3.57. The first-order chi connectivity index (χ1) is 9.93. The Morgan fingerprint density at radius 2 is 2.14 bits per heavy atom. The van der Waals surface area contributed by atoms with Crippen molar-refractivity contribution in [3.05, 3.63) is 41.0 Å². The molecule has 0 bridgehead atoms. The summed E-state index contributed by atoms with van der Waals surface area (Å²) in [6, 6.07) is 5.44. The molecule has 0 saturated heterocycles. The van der Waals surface area contributed by atoms with Gasteiger partial charge in [0.2, 0.25) is 0 Å². The van der Waals surface area contributed by atoms with E-state index in [2.05, 4.69) is 41.3 Å². The van der Waals surface area contributed by atoms with Gasteiger partial charge in [0.25, 0.3) is 5.91 Å². The van der Waals surface area contributed by atoms with Crippen molar-refractivity contribution in [2.75, 3.05) is 5.32 Å². The van der Waals surface area contributed by atoms with E-state index in [1.807, 2.05) is 11.4 Å². The normalized spacial score (nSPS) is 11.8. The second-order valence-electron chi connectivity index (χ2n) is 5.91. The summed E-state index contributed by atoms with van der Waals surface area (Å²) in [5, 5.41) is 13.2. The van der Waals surface area contributed by atoms with Crippen molar-refractivity contribution in [1.82, 2.24) is 15.2 Å². The van der Waals surface area contributed by atoms with Gasteiger partial charge >= 0.3 is 0 Å². The van der Waals surface area contributed by atoms with Gasteiger partial charge in [-0.3, -0.25) is 15.2 Å². The maximum absolute atomic E-state index is 12.3. The van der Waals surface area contributed by atoms with Crippen LogP contribution in [-0.2, 0) is 5.41 Å². The highest BCUT2D eigenvalue weighted by molar-refractivity contribution is 7.14. The minimum Gasteiger partial charge on any atom is -0.298 e. The van der Waals surface area contributed by atoms with Crippen LogP contribution in [-0.4, -0.2) is 21.1 Å². The lowest BCUT2D eigenvalue weighted by molar-refractivity contribution is 0.102. The van der Waals surface area contributed by atoms with Gasteiger partial charge in [0, 0.05) is 21.7 Å². The summed E-state index contributed by atoms with van der Waals surface area (Å²) in [5.74, 6) is -0.165. The molecule has 0 atom stereocenters. The van der Waals surface area contributed by atoms with Crippen LogP contribution in [0.5, 0.6) is 0 Å². The number of fused-ring (bicyclic) bond motifs is 1. The van der Waals surface area contributed by atoms with Crippen molar-refractivity contribution in [3.8, 4) is 0 Å². The van der Waals surface area contributed by atoms with Crippen LogP contribution < -0.4 is 5.32 Å². The number of nitrogens with one attached hydrogen (secondary N) is 2. The Balaban J connectivity index is 1.81. The molecule has 3 aromatic rings. The van der Waals surface area contributed by atoms with Crippen LogP contribution >= 0.6 is 11.3 Å². The molecule has 0 spiro atoms. The molecule has 0 unspecified atom stereocenters. The zero-order valence-corrected chi connectivity index (χ0v) is 12.9. The van der Waals surface area contributed by atoms with Gasteiger partial charge in [-0.05, 0) is 12.1 Å². The number of amides is 1. The molecule has 2 aromatic heterocycles. The molecule has 2 N–H and O–H groups in total. The fraction of sp³-hybridized carbons (Fsp3) is 0.267. The van der Waals surface area contributed by atoms with Gasteiger partial charge < -0.3 is 0 Å². The Morgan fingerprint density at radius 1 is 1.33 bits per heavy atom. The van der Waals surface area contributed by atoms with Crippen molar-refractivity contribution in [3.63, 3.8) is 0 Å². The van der Waals surface area contributed by atoms with Crippen molar-refractivity contribution in [2.24, 2.45) is 0 Å². The summed E-state index contributed by atoms with van der Waals surface area (Å²) >= 11 is 1.44. The molecule has 0 fully saturated rings. The van der Waals surface area contributed by atoms with E-state index in [0.29, 0.717) is 10.7 Å². The standard InChI is InChI=1S/C15H16N4OS/c1-15(2,3)12-8-21-14(17-12)18-13(20)9-4-5-10-7-16-19-11(10)6-9/h4-8H,1-3H3,(H,16,19)(H,17,18,20). The summed E-state index contributed by atoms with van der Waals surface area (Å²) in [7, 11) is 0. The summed E-state index contributed by atoms with van der Waals surface area (Å²) in [5.41, 5.74) is 2.39. The Bertz CT molecular complexity index is 797. The molecule has 1 aromatic carbocycles. The van der Waals surface area contributed by atoms with E-state index in [4.69, 9.17) is 0 Å². The minimum absolute atomic E-state index is 0.0195. The molecular formula is C15H16N4OS. The minimum atomic E-state index is -0.165. The van der Waals surface area contributed by atoms with Crippen LogP contribution in [0.15, 0.2) is 29.8 Å². The van der Waals surface area contributed by atoms with Gasteiger partial charge in [0.15, 0.2) is 5.13 Å². The van der Waals surface area contributed by atoms with Crippen LogP contribution in [0.3, 0.4) is 0 Å². The number of carbonyl (C=O) groups excluding carboxylic acids is 1. The summed E-state index contributed by atoms with van der Waals surface area (Å²) < 4.78 is 0. The SMILES string of the molecule is CC(C)(C)c1csc(NC(=O)c2ccc3cn[nH]c3c2)n1. The number of aromatic amines is 1. The lowest BCUT2D eigenvalue weighted by Crippen LogP contribution is -2.14. The van der Waals surface area contributed by atoms with Crippen LogP contribution in [0.25, 0.3) is 10.9 Å². The van der Waals surface area contributed by atoms with E-state index in [1.165, 1.54) is 11.3 Å². The topological polar surface area (TPSA) is 70.7 Å². The number of hydrogen-bond acceptors (Lipinski definition) is 4. The summed E-state index contributed by atoms with van der Waals surface area (Å²) in [4.78, 5) is 16.7. The van der Waals surface area contributed by atoms with E-state index in [-0.39, 0.29) is 11.3 Å². The largest absolute Gasteiger partial charge is 0.298 e. The highest BCUT2D eigenvalue weighted by atomic mass is 32.1. The summed E-state index contributed by atoms with van der Waals surface area (Å²) in [6.45, 7) is 6.29. The number of H-pyrrole nitrogens is 1. The molecule has 0 aliphatic rings. The summed E-state index contributed by atoms with van der Waals surface area (Å²) in [6.07, 6.45) is 1.73. The first kappa shape index (κ1) is 13.8. The first-order valence-electron chi connectivity index (χ1n) is 6.64. The van der Waals surface area contributed by atoms with Gasteiger partial charge in [0.1, 0.15) is 0 Å². The molecular weight excluding hydrogens is 284 g/mol. The molecule has 0 aliphatic carbocycles. The van der Waals surface area contributed by atoms with Crippen LogP contribution in [0.2, 0.25) is 0 Å². The number of anilines is 1. The van der Waals surface area contributed by atoms with Gasteiger partial charge in [-0.25, -0.2) is 4.98 Å². The second kappa shape index (κ2) is 4.96. The number of benzene rings is 1. The van der Waals surface area contributed by atoms with Gasteiger partial charge in [-0.15, -0.1) is 11.3 Å². The molecule has 0 aliphatic heterocycles. The van der Waals surface area contributed by atoms with Crippen molar-refractivity contribution in [2.45, 2.75) is 26.2 Å². The smallest absolute Gasteiger partial charge is 0.257 e. The highest BCUT2D eigenvalue weighted by Crippen LogP contribution is 2.26. The van der Waals surface area contributed by atoms with Crippen LogP contribution in [0.1, 0.15) is 36.8 Å². The molecule has 5 nitrogen and oxygen atoms in total. The predicted molar refractivity (Wildman–Crippen MR) is 84.9 cm³/mol. The molecule has 3 rings (SSSR count). The number of rotatable bonds is 2. The number of hydrogen-bond donors (Lipinski definition) is 2. The second-order valence-corrected chi connectivity index (χ2v) is 6.77. The number of aromatic nitrogens is 3. The van der Waals surface area contributed by atoms with Gasteiger partial charge in [-0.1, -0.05) is 26.8 Å². The third-order valence-electron chi connectivity index (χ3n) is 3.20. The number of nitrogens with zero attached hydrogens (tertiary/aromatic N) is 2. The van der Waals surface area contributed by atoms with Crippen LogP contribution in [0, 0.1) is 0 Å². The average Bonchev–Trinajstić information content (AvgIpc) is 3.04. The Morgan fingerprint density at radius 3 is 2.86 bits per heavy atom. The average molecular weight is 300 g/mol. The van der Waals surface area contributed by atoms with E-state index in [9.17, 15) is 4.79 Å². The fourth-order valence-corrected chi connectivity index (χ4v) is 2.86. The molecule has 6 heteroatoms. The molecule has 108 valence electrons. The fourth-order valence-electron chi connectivity index (χ4n) is 1.92. The van der Waals surface area contributed by atoms with E-state index in [0.717, 1.165) is 16.6 Å². The quantitative estimate of drug-likeness (QED) is 0.760. The molecule has 0 radical (unpaired) electrons. The lowest BCUT2D eigenvalue weighted by Gasteiger charge is -2.14. The van der Waals surface area contributed by atoms with E-state index in [1.54, 1.807) is 18.3 Å². The highest BCUT2D eigenvalue weighted by Gasteiger charge is 2.18. The van der Waals surface area contributed by atoms with Crippen molar-refractivity contribution >= 4 is 33.3 Å². The maximum atomic E-state index is 12.3. The van der Waals surface area contributed by atoms with Crippen molar-refractivity contribution in [1.29, 1.82) is 0 Å². The first-order valence-corrected chi connectivity index (χ1v) is 7.52. The molecule has 0 saturated carbocycles. The molecule has 21 heavy (non-hydrogen) atoms. The van der Waals surface area contributed by atoms with E-state index < -0.39 is 0 Å². The Kier molecular flexibility index (Phi) is 3.25. The molecule has 1 amide bonds. The van der Waals surface area contributed by atoms with Gasteiger partial charge in [-0.2, -0.15) is 5.10 Å². The van der Waals surface area contributed by atoms with Crippen LogP contribution in [0.4, 0.5) is 5.13 Å². The monoisotopic (exact) mass is 300 g/mol. The van der Waals surface area contributed by atoms with Crippen molar-refractivity contribution < 1.29 is 4.79 Å². The zero-order chi connectivity index (χ0) is 15.0. The lowest BCUT2D eigenvalue weighted by atomic mass is 9.93. The third kappa shape index (κ3) is 2.80. The number of carbonyl (C=O) groups is 1. The number of thiazole rings is 1.